The number of para-hydroxylation sites is 1. The number of fused-ring (bicyclic) bond motifs is 1. The molecule has 1 aliphatic rings. The fourth-order valence-electron chi connectivity index (χ4n) is 3.63. The first-order valence-corrected chi connectivity index (χ1v) is 10.7. The summed E-state index contributed by atoms with van der Waals surface area (Å²) < 4.78 is 5.95. The molecular formula is C23H21N5OS. The van der Waals surface area contributed by atoms with E-state index in [-0.39, 0.29) is 6.04 Å². The van der Waals surface area contributed by atoms with Gasteiger partial charge in [-0.15, -0.1) is 11.3 Å². The van der Waals surface area contributed by atoms with Gasteiger partial charge in [0, 0.05) is 29.8 Å². The van der Waals surface area contributed by atoms with Crippen molar-refractivity contribution < 1.29 is 4.74 Å². The standard InChI is InChI=1S/C23H21N5OS/c1-15-8-17(21-12-24-14-30-21)11-18(9-15)27-23-25-7-6-22(28-23)29-13-19-10-16-4-2-3-5-20(16)26-19/h2-9,11-12,14,19,26H,10,13H2,1H3,(H,25,27,28). The van der Waals surface area contributed by atoms with Crippen LogP contribution >= 0.6 is 11.3 Å². The minimum atomic E-state index is 0.243. The predicted octanol–water partition coefficient (Wildman–Crippen LogP) is 5.07. The molecule has 1 aliphatic heterocycles. The van der Waals surface area contributed by atoms with Crippen LogP contribution in [0.2, 0.25) is 0 Å². The molecule has 2 aromatic carbocycles. The molecule has 6 nitrogen and oxygen atoms in total. The lowest BCUT2D eigenvalue weighted by atomic mass is 10.1. The van der Waals surface area contributed by atoms with E-state index in [2.05, 4.69) is 68.9 Å². The summed E-state index contributed by atoms with van der Waals surface area (Å²) in [5.74, 6) is 1.07. The summed E-state index contributed by atoms with van der Waals surface area (Å²) in [5.41, 5.74) is 7.57. The molecule has 2 aromatic heterocycles. The molecule has 150 valence electrons. The van der Waals surface area contributed by atoms with Crippen molar-refractivity contribution in [3.8, 4) is 16.3 Å². The molecule has 0 saturated heterocycles. The second-order valence-electron chi connectivity index (χ2n) is 7.31. The lowest BCUT2D eigenvalue weighted by Gasteiger charge is -2.13. The van der Waals surface area contributed by atoms with E-state index < -0.39 is 0 Å². The van der Waals surface area contributed by atoms with Gasteiger partial charge in [0.05, 0.1) is 16.4 Å². The number of anilines is 3. The van der Waals surface area contributed by atoms with Crippen molar-refractivity contribution in [2.45, 2.75) is 19.4 Å². The zero-order valence-corrected chi connectivity index (χ0v) is 17.3. The van der Waals surface area contributed by atoms with Crippen molar-refractivity contribution in [1.82, 2.24) is 15.0 Å². The number of hydrogen-bond acceptors (Lipinski definition) is 7. The van der Waals surface area contributed by atoms with Gasteiger partial charge in [-0.05, 0) is 48.2 Å². The number of benzene rings is 2. The van der Waals surface area contributed by atoms with E-state index in [9.17, 15) is 0 Å². The quantitative estimate of drug-likeness (QED) is 0.458. The molecular weight excluding hydrogens is 394 g/mol. The fourth-order valence-corrected chi connectivity index (χ4v) is 4.24. The molecule has 5 rings (SSSR count). The first kappa shape index (κ1) is 18.6. The van der Waals surface area contributed by atoms with Gasteiger partial charge < -0.3 is 15.4 Å². The van der Waals surface area contributed by atoms with Crippen LogP contribution in [0.4, 0.5) is 17.3 Å². The lowest BCUT2D eigenvalue weighted by Crippen LogP contribution is -2.24. The molecule has 3 heterocycles. The van der Waals surface area contributed by atoms with Crippen molar-refractivity contribution in [3.05, 3.63) is 77.6 Å². The zero-order chi connectivity index (χ0) is 20.3. The Hall–Kier alpha value is -3.45. The number of nitrogens with zero attached hydrogens (tertiary/aromatic N) is 3. The number of thiazole rings is 1. The molecule has 1 unspecified atom stereocenters. The van der Waals surface area contributed by atoms with E-state index in [0.29, 0.717) is 18.4 Å². The highest BCUT2D eigenvalue weighted by atomic mass is 32.1. The van der Waals surface area contributed by atoms with E-state index in [4.69, 9.17) is 4.74 Å². The Bertz CT molecular complexity index is 1140. The van der Waals surface area contributed by atoms with Crippen molar-refractivity contribution in [1.29, 1.82) is 0 Å². The van der Waals surface area contributed by atoms with Crippen LogP contribution in [0.3, 0.4) is 0 Å². The SMILES string of the molecule is Cc1cc(Nc2nccc(OCC3Cc4ccccc4N3)n2)cc(-c2cncs2)c1. The van der Waals surface area contributed by atoms with Gasteiger partial charge in [-0.1, -0.05) is 24.3 Å². The van der Waals surface area contributed by atoms with Gasteiger partial charge in [0.15, 0.2) is 0 Å². The van der Waals surface area contributed by atoms with E-state index in [0.717, 1.165) is 28.1 Å². The summed E-state index contributed by atoms with van der Waals surface area (Å²) in [4.78, 5) is 14.2. The number of aromatic nitrogens is 3. The van der Waals surface area contributed by atoms with Crippen molar-refractivity contribution >= 4 is 28.7 Å². The van der Waals surface area contributed by atoms with Crippen molar-refractivity contribution in [2.75, 3.05) is 17.2 Å². The summed E-state index contributed by atoms with van der Waals surface area (Å²) in [7, 11) is 0. The predicted molar refractivity (Wildman–Crippen MR) is 121 cm³/mol. The van der Waals surface area contributed by atoms with Gasteiger partial charge in [0.1, 0.15) is 6.61 Å². The summed E-state index contributed by atoms with van der Waals surface area (Å²) in [5, 5.41) is 6.79. The molecule has 0 amide bonds. The van der Waals surface area contributed by atoms with E-state index >= 15 is 0 Å². The van der Waals surface area contributed by atoms with Gasteiger partial charge in [0.25, 0.3) is 0 Å². The Kier molecular flexibility index (Phi) is 5.03. The first-order valence-electron chi connectivity index (χ1n) is 9.81. The Morgan fingerprint density at radius 1 is 1.20 bits per heavy atom. The normalized spacial score (nSPS) is 14.8. The molecule has 30 heavy (non-hydrogen) atoms. The van der Waals surface area contributed by atoms with Gasteiger partial charge in [-0.25, -0.2) is 4.98 Å². The highest BCUT2D eigenvalue weighted by Gasteiger charge is 2.20. The first-order chi connectivity index (χ1) is 14.7. The smallest absolute Gasteiger partial charge is 0.230 e. The topological polar surface area (TPSA) is 72.0 Å². The largest absolute Gasteiger partial charge is 0.475 e. The number of hydrogen-bond donors (Lipinski definition) is 2. The van der Waals surface area contributed by atoms with Crippen LogP contribution in [0.15, 0.2) is 66.4 Å². The van der Waals surface area contributed by atoms with E-state index in [1.54, 1.807) is 23.6 Å². The highest BCUT2D eigenvalue weighted by Crippen LogP contribution is 2.29. The minimum Gasteiger partial charge on any atom is -0.475 e. The molecule has 0 aliphatic carbocycles. The molecule has 0 radical (unpaired) electrons. The van der Waals surface area contributed by atoms with Crippen LogP contribution in [0.1, 0.15) is 11.1 Å². The average molecular weight is 416 g/mol. The Labute approximate surface area is 179 Å². The number of rotatable bonds is 6. The van der Waals surface area contributed by atoms with Crippen LogP contribution < -0.4 is 15.4 Å². The van der Waals surface area contributed by atoms with Crippen molar-refractivity contribution in [3.63, 3.8) is 0 Å². The number of aryl methyl sites for hydroxylation is 1. The highest BCUT2D eigenvalue weighted by molar-refractivity contribution is 7.13. The molecule has 4 aromatic rings. The second-order valence-corrected chi connectivity index (χ2v) is 8.20. The molecule has 0 spiro atoms. The maximum absolute atomic E-state index is 5.95. The van der Waals surface area contributed by atoms with Crippen LogP contribution in [-0.2, 0) is 6.42 Å². The van der Waals surface area contributed by atoms with E-state index in [1.807, 2.05) is 17.8 Å². The molecule has 0 bridgehead atoms. The molecule has 1 atom stereocenters. The van der Waals surface area contributed by atoms with Crippen LogP contribution in [-0.4, -0.2) is 27.6 Å². The summed E-state index contributed by atoms with van der Waals surface area (Å²) in [6, 6.07) is 16.7. The average Bonchev–Trinajstić information content (AvgIpc) is 3.42. The third-order valence-corrected chi connectivity index (χ3v) is 5.78. The molecule has 0 saturated carbocycles. The Morgan fingerprint density at radius 2 is 2.13 bits per heavy atom. The Morgan fingerprint density at radius 3 is 3.00 bits per heavy atom. The number of nitrogens with one attached hydrogen (secondary N) is 2. The summed E-state index contributed by atoms with van der Waals surface area (Å²) >= 11 is 1.62. The maximum atomic E-state index is 5.95. The molecule has 0 fully saturated rings. The summed E-state index contributed by atoms with van der Waals surface area (Å²) in [6.07, 6.45) is 4.54. The zero-order valence-electron chi connectivity index (χ0n) is 16.5. The molecule has 7 heteroatoms. The van der Waals surface area contributed by atoms with Gasteiger partial charge in [-0.2, -0.15) is 4.98 Å². The maximum Gasteiger partial charge on any atom is 0.230 e. The fraction of sp³-hybridized carbons (Fsp3) is 0.174. The van der Waals surface area contributed by atoms with Gasteiger partial charge >= 0.3 is 0 Å². The van der Waals surface area contributed by atoms with Crippen LogP contribution in [0.25, 0.3) is 10.4 Å². The van der Waals surface area contributed by atoms with Crippen LogP contribution in [0.5, 0.6) is 5.88 Å². The minimum absolute atomic E-state index is 0.243. The third kappa shape index (κ3) is 4.11. The second kappa shape index (κ2) is 8.12. The monoisotopic (exact) mass is 415 g/mol. The van der Waals surface area contributed by atoms with Crippen LogP contribution in [0, 0.1) is 6.92 Å². The Balaban J connectivity index is 1.26. The van der Waals surface area contributed by atoms with E-state index in [1.165, 1.54) is 11.3 Å². The van der Waals surface area contributed by atoms with Gasteiger partial charge in [0.2, 0.25) is 11.8 Å². The summed E-state index contributed by atoms with van der Waals surface area (Å²) in [6.45, 7) is 2.62. The number of ether oxygens (including phenoxy) is 1. The van der Waals surface area contributed by atoms with Gasteiger partial charge in [-0.3, -0.25) is 4.98 Å². The third-order valence-electron chi connectivity index (χ3n) is 4.96. The lowest BCUT2D eigenvalue weighted by molar-refractivity contribution is 0.288. The molecule has 2 N–H and O–H groups in total. The van der Waals surface area contributed by atoms with Crippen molar-refractivity contribution in [2.24, 2.45) is 0 Å².